The molecule has 0 bridgehead atoms. The highest BCUT2D eigenvalue weighted by Gasteiger charge is 2.31. The van der Waals surface area contributed by atoms with Gasteiger partial charge in [0.1, 0.15) is 17.1 Å². The Morgan fingerprint density at radius 2 is 1.59 bits per heavy atom. The summed E-state index contributed by atoms with van der Waals surface area (Å²) in [7, 11) is 0. The number of nitrogens with one attached hydrogen (secondary N) is 2. The summed E-state index contributed by atoms with van der Waals surface area (Å²) in [5.74, 6) is -0.305. The van der Waals surface area contributed by atoms with Crippen LogP contribution in [0, 0.1) is 30.6 Å². The van der Waals surface area contributed by atoms with Crippen molar-refractivity contribution in [1.29, 1.82) is 0 Å². The number of rotatable bonds is 15. The maximum Gasteiger partial charge on any atom is 0.407 e. The fraction of sp³-hybridized carbons (Fsp3) is 0.476. The van der Waals surface area contributed by atoms with Crippen LogP contribution in [0.15, 0.2) is 75.9 Å². The van der Waals surface area contributed by atoms with Crippen LogP contribution in [0.5, 0.6) is 0 Å². The molecule has 2 aromatic carbocycles. The number of aliphatic imine (C=N–C) groups is 1. The Morgan fingerprint density at radius 3 is 2.20 bits per heavy atom. The number of carbonyl (C=O) groups is 4. The van der Waals surface area contributed by atoms with Gasteiger partial charge >= 0.3 is 6.09 Å². The average molecular weight is 737 g/mol. The van der Waals surface area contributed by atoms with Gasteiger partial charge in [0.2, 0.25) is 5.91 Å². The number of ketones is 2. The Hall–Kier alpha value is -5.10. The number of aliphatic hydroxyl groups is 1. The highest BCUT2D eigenvalue weighted by molar-refractivity contribution is 6.01. The first-order valence-corrected chi connectivity index (χ1v) is 18.8. The molecule has 1 saturated carbocycles. The molecular weight excluding hydrogens is 684 g/mol. The molecular formula is C42H52N6O6. The van der Waals surface area contributed by atoms with E-state index in [0.717, 1.165) is 40.8 Å². The lowest BCUT2D eigenvalue weighted by Crippen LogP contribution is -2.37. The predicted molar refractivity (Wildman–Crippen MR) is 207 cm³/mol. The van der Waals surface area contributed by atoms with Crippen LogP contribution >= 0.6 is 0 Å². The Kier molecular flexibility index (Phi) is 13.6. The molecule has 286 valence electrons. The van der Waals surface area contributed by atoms with Crippen LogP contribution < -0.4 is 10.6 Å². The Balaban J connectivity index is 1.25. The van der Waals surface area contributed by atoms with Gasteiger partial charge in [-0.2, -0.15) is 5.11 Å². The lowest BCUT2D eigenvalue weighted by atomic mass is 9.77. The van der Waals surface area contributed by atoms with Crippen molar-refractivity contribution in [1.82, 2.24) is 10.3 Å². The molecule has 1 aliphatic carbocycles. The van der Waals surface area contributed by atoms with Crippen molar-refractivity contribution in [3.63, 3.8) is 0 Å². The van der Waals surface area contributed by atoms with Gasteiger partial charge in [-0.15, -0.1) is 5.11 Å². The molecule has 1 unspecified atom stereocenters. The average Bonchev–Trinajstić information content (AvgIpc) is 3.69. The van der Waals surface area contributed by atoms with Crippen molar-refractivity contribution in [3.8, 4) is 11.1 Å². The number of ether oxygens (including phenoxy) is 1. The number of amides is 2. The van der Waals surface area contributed by atoms with Crippen LogP contribution in [0.25, 0.3) is 11.1 Å². The molecule has 2 heterocycles. The van der Waals surface area contributed by atoms with E-state index >= 15 is 0 Å². The van der Waals surface area contributed by atoms with Gasteiger partial charge in [-0.25, -0.2) is 14.8 Å². The standard InChI is InChI=1S/C42H52N6O6/c1-26(24-49)20-38(51)36-19-18-35(27(2)46-36)30-10-6-28(7-11-30)21-33(40(52)47-34-16-14-32(15-17-34)39-44-25-45-48-39)22-37(50)31-12-8-29(9-13-31)23-43-41(53)54-42(3,4)5/h6-7,10-11,14-19,26,29,31,33,49H,8-9,12-13,20-25H2,1-5H3,(H,43,53)(H,47,52)/t26?,29?,31?,33-/m1/s1. The normalized spacial score (nSPS) is 18.0. The van der Waals surface area contributed by atoms with Gasteiger partial charge in [0, 0.05) is 60.3 Å². The van der Waals surface area contributed by atoms with Crippen molar-refractivity contribution in [2.45, 2.75) is 85.2 Å². The van der Waals surface area contributed by atoms with Crippen LogP contribution in [-0.4, -0.2) is 64.9 Å². The minimum atomic E-state index is -0.599. The van der Waals surface area contributed by atoms with E-state index in [1.807, 2.05) is 77.1 Å². The van der Waals surface area contributed by atoms with Gasteiger partial charge < -0.3 is 20.5 Å². The minimum Gasteiger partial charge on any atom is -0.444 e. The minimum absolute atomic E-state index is 0.0545. The molecule has 12 heteroatoms. The third-order valence-corrected chi connectivity index (χ3v) is 9.88. The number of aliphatic hydroxyl groups excluding tert-OH is 1. The van der Waals surface area contributed by atoms with E-state index in [-0.39, 0.29) is 54.7 Å². The molecule has 2 amide bonds. The fourth-order valence-electron chi connectivity index (χ4n) is 6.83. The lowest BCUT2D eigenvalue weighted by molar-refractivity contribution is -0.129. The number of aryl methyl sites for hydroxylation is 1. The maximum atomic E-state index is 13.9. The van der Waals surface area contributed by atoms with Crippen molar-refractivity contribution < 1.29 is 29.0 Å². The number of aromatic nitrogens is 1. The maximum absolute atomic E-state index is 13.9. The zero-order valence-electron chi connectivity index (χ0n) is 31.9. The van der Waals surface area contributed by atoms with E-state index < -0.39 is 17.6 Å². The van der Waals surface area contributed by atoms with Crippen molar-refractivity contribution in [3.05, 3.63) is 83.2 Å². The molecule has 2 aliphatic rings. The topological polar surface area (TPSA) is 172 Å². The number of benzene rings is 2. The number of pyridine rings is 1. The Morgan fingerprint density at radius 1 is 0.907 bits per heavy atom. The molecule has 1 aromatic heterocycles. The van der Waals surface area contributed by atoms with Gasteiger partial charge in [-0.3, -0.25) is 14.4 Å². The molecule has 2 atom stereocenters. The molecule has 1 fully saturated rings. The molecule has 5 rings (SSSR count). The van der Waals surface area contributed by atoms with Crippen molar-refractivity contribution in [2.75, 3.05) is 25.1 Å². The lowest BCUT2D eigenvalue weighted by Gasteiger charge is -2.29. The number of Topliss-reactive ketones (excluding diaryl/α,β-unsaturated/α-hetero) is 2. The number of azo groups is 1. The van der Waals surface area contributed by atoms with Gasteiger partial charge in [-0.05, 0) is 113 Å². The smallest absolute Gasteiger partial charge is 0.407 e. The molecule has 1 aliphatic heterocycles. The number of alkyl carbamates (subject to hydrolysis) is 1. The van der Waals surface area contributed by atoms with E-state index in [0.29, 0.717) is 49.7 Å². The molecule has 0 radical (unpaired) electrons. The first-order valence-electron chi connectivity index (χ1n) is 18.8. The summed E-state index contributed by atoms with van der Waals surface area (Å²) in [5.41, 5.74) is 4.69. The van der Waals surface area contributed by atoms with E-state index in [1.165, 1.54) is 0 Å². The Bertz CT molecular complexity index is 1860. The number of hydrogen-bond acceptors (Lipinski definition) is 10. The van der Waals surface area contributed by atoms with Crippen LogP contribution in [0.2, 0.25) is 0 Å². The summed E-state index contributed by atoms with van der Waals surface area (Å²) in [4.78, 5) is 61.2. The van der Waals surface area contributed by atoms with Gasteiger partial charge in [0.25, 0.3) is 0 Å². The molecule has 3 aromatic rings. The molecule has 0 saturated heterocycles. The predicted octanol–water partition coefficient (Wildman–Crippen LogP) is 7.52. The van der Waals surface area contributed by atoms with Crippen LogP contribution in [0.3, 0.4) is 0 Å². The zero-order valence-corrected chi connectivity index (χ0v) is 31.9. The van der Waals surface area contributed by atoms with Gasteiger partial charge in [0.15, 0.2) is 18.3 Å². The van der Waals surface area contributed by atoms with E-state index in [9.17, 15) is 24.3 Å². The first kappa shape index (κ1) is 40.1. The summed E-state index contributed by atoms with van der Waals surface area (Å²) < 4.78 is 5.36. The van der Waals surface area contributed by atoms with Crippen LogP contribution in [-0.2, 0) is 20.7 Å². The highest BCUT2D eigenvalue weighted by atomic mass is 16.6. The highest BCUT2D eigenvalue weighted by Crippen LogP contribution is 2.32. The fourth-order valence-corrected chi connectivity index (χ4v) is 6.83. The van der Waals surface area contributed by atoms with E-state index in [2.05, 4.69) is 30.8 Å². The summed E-state index contributed by atoms with van der Waals surface area (Å²) in [6, 6.07) is 18.8. The molecule has 54 heavy (non-hydrogen) atoms. The number of nitrogens with zero attached hydrogens (tertiary/aromatic N) is 4. The third-order valence-electron chi connectivity index (χ3n) is 9.88. The quantitative estimate of drug-likeness (QED) is 0.135. The second-order valence-corrected chi connectivity index (χ2v) is 15.5. The van der Waals surface area contributed by atoms with Gasteiger partial charge in [0.05, 0.1) is 0 Å². The second-order valence-electron chi connectivity index (χ2n) is 15.5. The summed E-state index contributed by atoms with van der Waals surface area (Å²) in [5, 5.41) is 23.1. The van der Waals surface area contributed by atoms with Crippen molar-refractivity contribution >= 4 is 35.1 Å². The second kappa shape index (κ2) is 18.3. The number of anilines is 1. The van der Waals surface area contributed by atoms with Crippen LogP contribution in [0.1, 0.15) is 93.5 Å². The largest absolute Gasteiger partial charge is 0.444 e. The first-order chi connectivity index (χ1) is 25.8. The van der Waals surface area contributed by atoms with Crippen LogP contribution in [0.4, 0.5) is 10.5 Å². The monoisotopic (exact) mass is 736 g/mol. The summed E-state index contributed by atoms with van der Waals surface area (Å²) in [6.07, 6.45) is 3.33. The number of carbonyl (C=O) groups excluding carboxylic acids is 4. The number of amidine groups is 1. The number of hydrogen-bond donors (Lipinski definition) is 3. The van der Waals surface area contributed by atoms with Gasteiger partial charge in [-0.1, -0.05) is 37.3 Å². The molecule has 0 spiro atoms. The zero-order chi connectivity index (χ0) is 38.8. The third kappa shape index (κ3) is 11.4. The summed E-state index contributed by atoms with van der Waals surface area (Å²) in [6.45, 7) is 9.94. The summed E-state index contributed by atoms with van der Waals surface area (Å²) >= 11 is 0. The molecule has 12 nitrogen and oxygen atoms in total. The molecule has 3 N–H and O–H groups in total. The van der Waals surface area contributed by atoms with Crippen molar-refractivity contribution in [2.24, 2.45) is 38.9 Å². The SMILES string of the molecule is Cc1nc(C(=O)CC(C)CO)ccc1-c1ccc(C[C@H](CC(=O)C2CCC(CNC(=O)OC(C)(C)C)CC2)C(=O)Nc2ccc(C3=NCN=N3)cc2)cc1. The Labute approximate surface area is 317 Å². The van der Waals surface area contributed by atoms with E-state index in [1.54, 1.807) is 18.2 Å². The van der Waals surface area contributed by atoms with E-state index in [4.69, 9.17) is 4.74 Å².